The van der Waals surface area contributed by atoms with Gasteiger partial charge in [0, 0.05) is 75.5 Å². The SMILES string of the molecule is CCc1cc(Nc2nccn3c(-c4ccc(OC(F)F)cc4)cnc23)ccc1C(=O)N(C)CCN1CCNCC1. The zero-order valence-electron chi connectivity index (χ0n) is 22.6. The first kappa shape index (κ1) is 27.5. The maximum atomic E-state index is 13.3. The lowest BCUT2D eigenvalue weighted by atomic mass is 10.0. The number of likely N-dealkylation sites (N-methyl/N-ethyl adjacent to an activating group) is 1. The van der Waals surface area contributed by atoms with Crippen LogP contribution in [0.15, 0.2) is 61.1 Å². The summed E-state index contributed by atoms with van der Waals surface area (Å²) < 4.78 is 31.3. The van der Waals surface area contributed by atoms with Crippen LogP contribution in [0.4, 0.5) is 20.3 Å². The van der Waals surface area contributed by atoms with Gasteiger partial charge in [0.15, 0.2) is 11.5 Å². The van der Waals surface area contributed by atoms with E-state index >= 15 is 0 Å². The highest BCUT2D eigenvalue weighted by molar-refractivity contribution is 5.96. The first-order chi connectivity index (χ1) is 19.4. The number of alkyl halides is 2. The summed E-state index contributed by atoms with van der Waals surface area (Å²) in [6.07, 6.45) is 5.88. The summed E-state index contributed by atoms with van der Waals surface area (Å²) in [5, 5.41) is 6.70. The lowest BCUT2D eigenvalue weighted by Gasteiger charge is -2.29. The van der Waals surface area contributed by atoms with Crippen LogP contribution in [-0.4, -0.2) is 83.0 Å². The maximum Gasteiger partial charge on any atom is 0.387 e. The molecule has 0 spiro atoms. The molecule has 1 aliphatic rings. The number of rotatable bonds is 10. The van der Waals surface area contributed by atoms with E-state index < -0.39 is 6.61 Å². The van der Waals surface area contributed by atoms with Gasteiger partial charge in [0.05, 0.1) is 11.9 Å². The van der Waals surface area contributed by atoms with E-state index in [1.54, 1.807) is 35.6 Å². The van der Waals surface area contributed by atoms with Crippen molar-refractivity contribution in [2.75, 3.05) is 51.6 Å². The predicted molar refractivity (Wildman–Crippen MR) is 150 cm³/mol. The second-order valence-corrected chi connectivity index (χ2v) is 9.68. The van der Waals surface area contributed by atoms with Crippen LogP contribution in [0.3, 0.4) is 0 Å². The second-order valence-electron chi connectivity index (χ2n) is 9.68. The molecule has 0 aliphatic carbocycles. The number of aryl methyl sites for hydroxylation is 1. The molecule has 11 heteroatoms. The van der Waals surface area contributed by atoms with Gasteiger partial charge in [0.1, 0.15) is 5.75 Å². The van der Waals surface area contributed by atoms with Crippen molar-refractivity contribution in [2.45, 2.75) is 20.0 Å². The van der Waals surface area contributed by atoms with Crippen molar-refractivity contribution in [2.24, 2.45) is 0 Å². The first-order valence-corrected chi connectivity index (χ1v) is 13.4. The van der Waals surface area contributed by atoms with Crippen LogP contribution in [0.2, 0.25) is 0 Å². The van der Waals surface area contributed by atoms with Crippen molar-refractivity contribution < 1.29 is 18.3 Å². The molecule has 1 fully saturated rings. The number of ether oxygens (including phenoxy) is 1. The molecule has 0 saturated carbocycles. The number of hydrogen-bond acceptors (Lipinski definition) is 7. The minimum atomic E-state index is -2.87. The number of carbonyl (C=O) groups excluding carboxylic acids is 1. The number of nitrogens with zero attached hydrogens (tertiary/aromatic N) is 5. The number of piperazine rings is 1. The molecule has 210 valence electrons. The zero-order valence-corrected chi connectivity index (χ0v) is 22.6. The Labute approximate surface area is 231 Å². The fourth-order valence-electron chi connectivity index (χ4n) is 4.87. The number of imidazole rings is 1. The van der Waals surface area contributed by atoms with Gasteiger partial charge in [-0.2, -0.15) is 8.78 Å². The number of benzene rings is 2. The highest BCUT2D eigenvalue weighted by Crippen LogP contribution is 2.28. The third-order valence-corrected chi connectivity index (χ3v) is 7.09. The van der Waals surface area contributed by atoms with Gasteiger partial charge in [-0.05, 0) is 54.4 Å². The molecule has 40 heavy (non-hydrogen) atoms. The van der Waals surface area contributed by atoms with Crippen molar-refractivity contribution >= 4 is 23.1 Å². The normalized spacial score (nSPS) is 14.0. The summed E-state index contributed by atoms with van der Waals surface area (Å²) >= 11 is 0. The van der Waals surface area contributed by atoms with Crippen LogP contribution in [-0.2, 0) is 6.42 Å². The topological polar surface area (TPSA) is 87.0 Å². The number of aromatic nitrogens is 3. The van der Waals surface area contributed by atoms with E-state index in [0.717, 1.165) is 55.2 Å². The van der Waals surface area contributed by atoms with E-state index in [1.165, 1.54) is 12.1 Å². The van der Waals surface area contributed by atoms with Crippen molar-refractivity contribution in [3.05, 3.63) is 72.2 Å². The lowest BCUT2D eigenvalue weighted by molar-refractivity contribution is -0.0498. The first-order valence-electron chi connectivity index (χ1n) is 13.4. The molecule has 0 atom stereocenters. The minimum Gasteiger partial charge on any atom is -0.435 e. The Morgan fingerprint density at radius 3 is 2.65 bits per heavy atom. The summed E-state index contributed by atoms with van der Waals surface area (Å²) in [5.74, 6) is 0.665. The van der Waals surface area contributed by atoms with Crippen LogP contribution in [0.1, 0.15) is 22.8 Å². The summed E-state index contributed by atoms with van der Waals surface area (Å²) in [6.45, 7) is 4.69. The summed E-state index contributed by atoms with van der Waals surface area (Å²) in [5.41, 5.74) is 4.63. The Hall–Kier alpha value is -4.09. The molecular formula is C29H33F2N7O2. The number of halogens is 2. The van der Waals surface area contributed by atoms with E-state index in [9.17, 15) is 13.6 Å². The van der Waals surface area contributed by atoms with E-state index in [0.29, 0.717) is 30.0 Å². The van der Waals surface area contributed by atoms with E-state index in [4.69, 9.17) is 0 Å². The van der Waals surface area contributed by atoms with Crippen molar-refractivity contribution in [1.82, 2.24) is 29.5 Å². The fourth-order valence-corrected chi connectivity index (χ4v) is 4.87. The van der Waals surface area contributed by atoms with Gasteiger partial charge in [0.25, 0.3) is 5.91 Å². The summed E-state index contributed by atoms with van der Waals surface area (Å²) in [4.78, 5) is 26.5. The molecule has 4 aromatic rings. The summed E-state index contributed by atoms with van der Waals surface area (Å²) in [7, 11) is 1.86. The van der Waals surface area contributed by atoms with Gasteiger partial charge in [-0.3, -0.25) is 14.1 Å². The number of anilines is 2. The molecule has 1 amide bonds. The third-order valence-electron chi connectivity index (χ3n) is 7.09. The monoisotopic (exact) mass is 549 g/mol. The Bertz CT molecular complexity index is 1450. The lowest BCUT2D eigenvalue weighted by Crippen LogP contribution is -2.46. The molecular weight excluding hydrogens is 516 g/mol. The fraction of sp³-hybridized carbons (Fsp3) is 0.345. The van der Waals surface area contributed by atoms with Gasteiger partial charge in [-0.15, -0.1) is 0 Å². The molecule has 0 radical (unpaired) electrons. The van der Waals surface area contributed by atoms with Gasteiger partial charge in [-0.25, -0.2) is 9.97 Å². The predicted octanol–water partition coefficient (Wildman–Crippen LogP) is 4.28. The Morgan fingerprint density at radius 2 is 1.93 bits per heavy atom. The molecule has 2 aromatic carbocycles. The van der Waals surface area contributed by atoms with Gasteiger partial charge >= 0.3 is 6.61 Å². The Morgan fingerprint density at radius 1 is 1.15 bits per heavy atom. The standard InChI is InChI=1S/C29H33F2N7O2/c1-3-20-18-22(6-9-24(20)28(39)36(2)16-17-37-13-10-32-11-14-37)35-26-27-34-19-25(38(27)15-12-33-26)21-4-7-23(8-5-21)40-29(30)31/h4-9,12,15,18-19,29,32H,3,10-11,13-14,16-17H2,1-2H3,(H,33,35). The zero-order chi connectivity index (χ0) is 28.1. The molecule has 2 N–H and O–H groups in total. The minimum absolute atomic E-state index is 0.0154. The van der Waals surface area contributed by atoms with E-state index in [2.05, 4.69) is 30.2 Å². The van der Waals surface area contributed by atoms with E-state index in [1.807, 2.05) is 36.6 Å². The van der Waals surface area contributed by atoms with Gasteiger partial charge in [0.2, 0.25) is 0 Å². The van der Waals surface area contributed by atoms with Crippen LogP contribution in [0.25, 0.3) is 16.9 Å². The number of nitrogens with one attached hydrogen (secondary N) is 2. The molecule has 9 nitrogen and oxygen atoms in total. The molecule has 5 rings (SSSR count). The third kappa shape index (κ3) is 6.21. The average molecular weight is 550 g/mol. The van der Waals surface area contributed by atoms with Crippen LogP contribution in [0.5, 0.6) is 5.75 Å². The molecule has 1 aliphatic heterocycles. The summed E-state index contributed by atoms with van der Waals surface area (Å²) in [6, 6.07) is 12.1. The quantitative estimate of drug-likeness (QED) is 0.305. The number of carbonyl (C=O) groups is 1. The number of fused-ring (bicyclic) bond motifs is 1. The Kier molecular flexibility index (Phi) is 8.51. The Balaban J connectivity index is 1.31. The van der Waals surface area contributed by atoms with Crippen molar-refractivity contribution in [3.8, 4) is 17.0 Å². The van der Waals surface area contributed by atoms with Gasteiger partial charge < -0.3 is 20.3 Å². The number of hydrogen-bond donors (Lipinski definition) is 2. The van der Waals surface area contributed by atoms with Gasteiger partial charge in [-0.1, -0.05) is 6.92 Å². The molecule has 1 saturated heterocycles. The molecule has 3 heterocycles. The second kappa shape index (κ2) is 12.4. The molecule has 2 aromatic heterocycles. The van der Waals surface area contributed by atoms with Crippen LogP contribution >= 0.6 is 0 Å². The molecule has 0 bridgehead atoms. The maximum absolute atomic E-state index is 13.3. The van der Waals surface area contributed by atoms with Crippen molar-refractivity contribution in [1.29, 1.82) is 0 Å². The van der Waals surface area contributed by atoms with Crippen LogP contribution < -0.4 is 15.4 Å². The van der Waals surface area contributed by atoms with Crippen molar-refractivity contribution in [3.63, 3.8) is 0 Å². The smallest absolute Gasteiger partial charge is 0.387 e. The van der Waals surface area contributed by atoms with E-state index in [-0.39, 0.29) is 11.7 Å². The molecule has 0 unspecified atom stereocenters. The number of amides is 1. The highest BCUT2D eigenvalue weighted by Gasteiger charge is 2.18. The average Bonchev–Trinajstić information content (AvgIpc) is 3.41. The van der Waals surface area contributed by atoms with Crippen LogP contribution in [0, 0.1) is 0 Å². The largest absolute Gasteiger partial charge is 0.435 e. The highest BCUT2D eigenvalue weighted by atomic mass is 19.3.